The summed E-state index contributed by atoms with van der Waals surface area (Å²) >= 11 is 1.44. The van der Waals surface area contributed by atoms with E-state index >= 15 is 0 Å². The summed E-state index contributed by atoms with van der Waals surface area (Å²) in [4.78, 5) is 21.3. The Labute approximate surface area is 167 Å². The third-order valence-corrected chi connectivity index (χ3v) is 5.78. The molecule has 0 saturated heterocycles. The fourth-order valence-electron chi connectivity index (χ4n) is 3.00. The summed E-state index contributed by atoms with van der Waals surface area (Å²) in [7, 11) is 0. The topological polar surface area (TPSA) is 49.3 Å². The van der Waals surface area contributed by atoms with Crippen molar-refractivity contribution >= 4 is 22.6 Å². The molecule has 5 nitrogen and oxygen atoms in total. The van der Waals surface area contributed by atoms with E-state index in [9.17, 15) is 4.79 Å². The SMILES string of the molecule is CCC(C)N(CCC(=O)N(CC)CC)c1nc(Cc2ccc(C)cc2)ns1. The second-order valence-corrected chi connectivity index (χ2v) is 7.65. The number of amides is 1. The van der Waals surface area contributed by atoms with Crippen molar-refractivity contribution in [3.05, 3.63) is 41.2 Å². The molecule has 0 aliphatic carbocycles. The van der Waals surface area contributed by atoms with E-state index in [1.165, 1.54) is 22.7 Å². The minimum atomic E-state index is 0.206. The van der Waals surface area contributed by atoms with E-state index in [1.54, 1.807) is 0 Å². The zero-order valence-electron chi connectivity index (χ0n) is 17.2. The zero-order chi connectivity index (χ0) is 19.8. The molecule has 0 radical (unpaired) electrons. The highest BCUT2D eigenvalue weighted by molar-refractivity contribution is 7.09. The van der Waals surface area contributed by atoms with Crippen LogP contribution in [0.1, 0.15) is 57.5 Å². The molecule has 1 amide bonds. The number of aryl methyl sites for hydroxylation is 1. The Balaban J connectivity index is 2.07. The Bertz CT molecular complexity index is 709. The molecule has 1 heterocycles. The van der Waals surface area contributed by atoms with Gasteiger partial charge < -0.3 is 9.80 Å². The fraction of sp³-hybridized carbons (Fsp3) is 0.571. The second kappa shape index (κ2) is 10.4. The maximum atomic E-state index is 12.4. The van der Waals surface area contributed by atoms with Crippen molar-refractivity contribution in [1.29, 1.82) is 0 Å². The van der Waals surface area contributed by atoms with Crippen molar-refractivity contribution in [1.82, 2.24) is 14.3 Å². The molecular weight excluding hydrogens is 356 g/mol. The van der Waals surface area contributed by atoms with Crippen molar-refractivity contribution in [3.63, 3.8) is 0 Å². The molecule has 0 N–H and O–H groups in total. The summed E-state index contributed by atoms with van der Waals surface area (Å²) in [5, 5.41) is 0.916. The smallest absolute Gasteiger partial charge is 0.224 e. The first-order chi connectivity index (χ1) is 13.0. The monoisotopic (exact) mass is 388 g/mol. The van der Waals surface area contributed by atoms with Crippen LogP contribution in [0.15, 0.2) is 24.3 Å². The van der Waals surface area contributed by atoms with Gasteiger partial charge in [0.25, 0.3) is 0 Å². The summed E-state index contributed by atoms with van der Waals surface area (Å²) in [6, 6.07) is 8.82. The molecule has 2 rings (SSSR count). The van der Waals surface area contributed by atoms with Gasteiger partial charge in [0.15, 0.2) is 0 Å². The summed E-state index contributed by atoms with van der Waals surface area (Å²) in [5.41, 5.74) is 2.48. The predicted octanol–water partition coefficient (Wildman–Crippen LogP) is 4.30. The molecule has 2 aromatic rings. The molecule has 1 unspecified atom stereocenters. The maximum Gasteiger partial charge on any atom is 0.224 e. The molecule has 0 aliphatic heterocycles. The first kappa shape index (κ1) is 21.4. The lowest BCUT2D eigenvalue weighted by Crippen LogP contribution is -2.38. The van der Waals surface area contributed by atoms with Gasteiger partial charge in [-0.2, -0.15) is 4.37 Å². The van der Waals surface area contributed by atoms with E-state index < -0.39 is 0 Å². The zero-order valence-corrected chi connectivity index (χ0v) is 18.1. The number of aromatic nitrogens is 2. The number of anilines is 1. The van der Waals surface area contributed by atoms with Crippen molar-refractivity contribution in [3.8, 4) is 0 Å². The molecule has 0 bridgehead atoms. The number of nitrogens with zero attached hydrogens (tertiary/aromatic N) is 4. The Hall–Kier alpha value is -1.95. The second-order valence-electron chi connectivity index (χ2n) is 6.92. The van der Waals surface area contributed by atoms with Crippen molar-refractivity contribution in [2.45, 2.75) is 59.9 Å². The van der Waals surface area contributed by atoms with Crippen LogP contribution in [0.4, 0.5) is 5.13 Å². The first-order valence-corrected chi connectivity index (χ1v) is 10.7. The highest BCUT2D eigenvalue weighted by Crippen LogP contribution is 2.23. The Morgan fingerprint density at radius 2 is 1.81 bits per heavy atom. The predicted molar refractivity (Wildman–Crippen MR) is 114 cm³/mol. The van der Waals surface area contributed by atoms with Crippen LogP contribution in [0.2, 0.25) is 0 Å². The van der Waals surface area contributed by atoms with Crippen LogP contribution >= 0.6 is 11.5 Å². The van der Waals surface area contributed by atoms with E-state index in [2.05, 4.69) is 54.3 Å². The molecule has 27 heavy (non-hydrogen) atoms. The van der Waals surface area contributed by atoms with Crippen LogP contribution in [-0.4, -0.2) is 45.8 Å². The van der Waals surface area contributed by atoms with Gasteiger partial charge in [0.2, 0.25) is 11.0 Å². The van der Waals surface area contributed by atoms with Gasteiger partial charge in [-0.05, 0) is 39.7 Å². The minimum absolute atomic E-state index is 0.206. The number of rotatable bonds is 10. The molecular formula is C21H32N4OS. The normalized spacial score (nSPS) is 12.0. The molecule has 6 heteroatoms. The Kier molecular flexibility index (Phi) is 8.23. The van der Waals surface area contributed by atoms with E-state index in [1.807, 2.05) is 18.7 Å². The number of hydrogen-bond donors (Lipinski definition) is 0. The highest BCUT2D eigenvalue weighted by atomic mass is 32.1. The van der Waals surface area contributed by atoms with Crippen LogP contribution < -0.4 is 4.90 Å². The average molecular weight is 389 g/mol. The van der Waals surface area contributed by atoms with Gasteiger partial charge in [0, 0.05) is 50.1 Å². The number of hydrogen-bond acceptors (Lipinski definition) is 5. The van der Waals surface area contributed by atoms with Gasteiger partial charge in [-0.1, -0.05) is 36.8 Å². The van der Waals surface area contributed by atoms with Crippen LogP contribution in [0.25, 0.3) is 0 Å². The molecule has 1 aromatic heterocycles. The maximum absolute atomic E-state index is 12.4. The van der Waals surface area contributed by atoms with Crippen LogP contribution in [-0.2, 0) is 11.2 Å². The van der Waals surface area contributed by atoms with Crippen molar-refractivity contribution in [2.75, 3.05) is 24.5 Å². The van der Waals surface area contributed by atoms with Crippen molar-refractivity contribution in [2.24, 2.45) is 0 Å². The van der Waals surface area contributed by atoms with Gasteiger partial charge in [-0.3, -0.25) is 4.79 Å². The lowest BCUT2D eigenvalue weighted by molar-refractivity contribution is -0.130. The van der Waals surface area contributed by atoms with Gasteiger partial charge in [0.1, 0.15) is 5.82 Å². The van der Waals surface area contributed by atoms with Gasteiger partial charge in [-0.25, -0.2) is 4.98 Å². The van der Waals surface area contributed by atoms with E-state index in [4.69, 9.17) is 4.98 Å². The Morgan fingerprint density at radius 3 is 2.41 bits per heavy atom. The largest absolute Gasteiger partial charge is 0.344 e. The van der Waals surface area contributed by atoms with Gasteiger partial charge >= 0.3 is 0 Å². The molecule has 148 valence electrons. The van der Waals surface area contributed by atoms with Crippen LogP contribution in [0.5, 0.6) is 0 Å². The summed E-state index contributed by atoms with van der Waals surface area (Å²) in [6.45, 7) is 12.7. The summed E-state index contributed by atoms with van der Waals surface area (Å²) < 4.78 is 4.56. The van der Waals surface area contributed by atoms with E-state index in [-0.39, 0.29) is 5.91 Å². The summed E-state index contributed by atoms with van der Waals surface area (Å²) in [6.07, 6.45) is 2.26. The molecule has 0 saturated carbocycles. The fourth-order valence-corrected chi connectivity index (χ4v) is 3.81. The standard InChI is InChI=1S/C21H32N4OS/c1-6-17(5)25(14-13-20(26)24(7-2)8-3)21-22-19(23-27-21)15-18-11-9-16(4)10-12-18/h9-12,17H,6-8,13-15H2,1-5H3. The number of carbonyl (C=O) groups excluding carboxylic acids is 1. The third kappa shape index (κ3) is 6.03. The minimum Gasteiger partial charge on any atom is -0.344 e. The lowest BCUT2D eigenvalue weighted by Gasteiger charge is -2.28. The van der Waals surface area contributed by atoms with Gasteiger partial charge in [-0.15, -0.1) is 0 Å². The average Bonchev–Trinajstić information content (AvgIpc) is 3.12. The van der Waals surface area contributed by atoms with Crippen LogP contribution in [0.3, 0.4) is 0 Å². The molecule has 1 aromatic carbocycles. The molecule has 1 atom stereocenters. The van der Waals surface area contributed by atoms with E-state index in [0.29, 0.717) is 19.0 Å². The van der Waals surface area contributed by atoms with Crippen molar-refractivity contribution < 1.29 is 4.79 Å². The first-order valence-electron chi connectivity index (χ1n) is 9.90. The summed E-state index contributed by atoms with van der Waals surface area (Å²) in [5.74, 6) is 1.06. The third-order valence-electron chi connectivity index (χ3n) is 4.99. The molecule has 0 aliphatic rings. The quantitative estimate of drug-likeness (QED) is 0.609. The van der Waals surface area contributed by atoms with Crippen LogP contribution in [0, 0.1) is 6.92 Å². The van der Waals surface area contributed by atoms with E-state index in [0.717, 1.165) is 36.9 Å². The number of carbonyl (C=O) groups is 1. The Morgan fingerprint density at radius 1 is 1.15 bits per heavy atom. The molecule has 0 spiro atoms. The highest BCUT2D eigenvalue weighted by Gasteiger charge is 2.20. The number of benzene rings is 1. The lowest BCUT2D eigenvalue weighted by atomic mass is 10.1. The molecule has 0 fully saturated rings. The van der Waals surface area contributed by atoms with Gasteiger partial charge in [0.05, 0.1) is 0 Å².